The number of nitrogens with zero attached hydrogens (tertiary/aromatic N) is 3. The van der Waals surface area contributed by atoms with Crippen LogP contribution in [0.2, 0.25) is 0 Å². The van der Waals surface area contributed by atoms with Crippen LogP contribution in [-0.4, -0.2) is 27.9 Å². The minimum absolute atomic E-state index is 0.181. The molecule has 0 amide bonds. The molecule has 0 aliphatic carbocycles. The Morgan fingerprint density at radius 3 is 3.14 bits per heavy atom. The third-order valence-electron chi connectivity index (χ3n) is 4.06. The highest BCUT2D eigenvalue weighted by Crippen LogP contribution is 2.33. The van der Waals surface area contributed by atoms with Crippen LogP contribution in [-0.2, 0) is 17.8 Å². The Bertz CT molecular complexity index is 580. The molecule has 5 nitrogen and oxygen atoms in total. The summed E-state index contributed by atoms with van der Waals surface area (Å²) in [7, 11) is 0. The van der Waals surface area contributed by atoms with E-state index < -0.39 is 0 Å². The average Bonchev–Trinajstić information content (AvgIpc) is 3.20. The van der Waals surface area contributed by atoms with Gasteiger partial charge in [0.15, 0.2) is 0 Å². The first-order valence-corrected chi connectivity index (χ1v) is 8.39. The Morgan fingerprint density at radius 1 is 1.52 bits per heavy atom. The highest BCUT2D eigenvalue weighted by molar-refractivity contribution is 7.09. The van der Waals surface area contributed by atoms with E-state index in [9.17, 15) is 0 Å². The smallest absolute Gasteiger partial charge is 0.0896 e. The third kappa shape index (κ3) is 3.33. The first-order chi connectivity index (χ1) is 10.3. The molecule has 0 bridgehead atoms. The van der Waals surface area contributed by atoms with Crippen molar-refractivity contribution in [2.45, 2.75) is 39.5 Å². The second-order valence-electron chi connectivity index (χ2n) is 5.46. The van der Waals surface area contributed by atoms with Gasteiger partial charge in [-0.1, -0.05) is 0 Å². The minimum Gasteiger partial charge on any atom is -0.373 e. The summed E-state index contributed by atoms with van der Waals surface area (Å²) in [5.41, 5.74) is 4.25. The summed E-state index contributed by atoms with van der Waals surface area (Å²) >= 11 is 1.72. The minimum atomic E-state index is 0.181. The maximum atomic E-state index is 5.92. The standard InChI is InChI=1S/C15H22N4OS/c1-3-19-9-13(7-18-19)15-12(4-5-20-15)6-16-8-14-11(2)17-10-21-14/h7,9-10,12,15-16H,3-6,8H2,1-2H3/t12-,15+/m1/s1. The van der Waals surface area contributed by atoms with Crippen molar-refractivity contribution >= 4 is 11.3 Å². The maximum Gasteiger partial charge on any atom is 0.0896 e. The second kappa shape index (κ2) is 6.68. The van der Waals surface area contributed by atoms with E-state index in [4.69, 9.17) is 4.74 Å². The zero-order valence-corrected chi connectivity index (χ0v) is 13.4. The maximum absolute atomic E-state index is 5.92. The van der Waals surface area contributed by atoms with E-state index in [0.29, 0.717) is 5.92 Å². The van der Waals surface area contributed by atoms with Crippen LogP contribution in [0.1, 0.15) is 35.6 Å². The van der Waals surface area contributed by atoms with E-state index in [0.717, 1.165) is 38.4 Å². The van der Waals surface area contributed by atoms with Gasteiger partial charge >= 0.3 is 0 Å². The van der Waals surface area contributed by atoms with Gasteiger partial charge in [0.2, 0.25) is 0 Å². The van der Waals surface area contributed by atoms with Crippen molar-refractivity contribution in [1.82, 2.24) is 20.1 Å². The van der Waals surface area contributed by atoms with E-state index >= 15 is 0 Å². The molecule has 1 saturated heterocycles. The number of hydrogen-bond acceptors (Lipinski definition) is 5. The fraction of sp³-hybridized carbons (Fsp3) is 0.600. The van der Waals surface area contributed by atoms with Crippen molar-refractivity contribution < 1.29 is 4.74 Å². The molecule has 114 valence electrons. The Morgan fingerprint density at radius 2 is 2.43 bits per heavy atom. The quantitative estimate of drug-likeness (QED) is 0.891. The van der Waals surface area contributed by atoms with Crippen molar-refractivity contribution in [3.05, 3.63) is 34.0 Å². The van der Waals surface area contributed by atoms with Crippen molar-refractivity contribution in [1.29, 1.82) is 0 Å². The Balaban J connectivity index is 1.55. The van der Waals surface area contributed by atoms with E-state index in [1.165, 1.54) is 10.4 Å². The molecule has 0 radical (unpaired) electrons. The fourth-order valence-electron chi connectivity index (χ4n) is 2.78. The molecule has 3 heterocycles. The first kappa shape index (κ1) is 14.7. The van der Waals surface area contributed by atoms with Crippen LogP contribution >= 0.6 is 11.3 Å². The average molecular weight is 306 g/mol. The molecule has 2 aromatic rings. The molecule has 0 aromatic carbocycles. The van der Waals surface area contributed by atoms with Crippen LogP contribution in [0, 0.1) is 12.8 Å². The summed E-state index contributed by atoms with van der Waals surface area (Å²) in [4.78, 5) is 5.61. The van der Waals surface area contributed by atoms with Gasteiger partial charge in [-0.15, -0.1) is 11.3 Å². The summed E-state index contributed by atoms with van der Waals surface area (Å²) in [6.45, 7) is 7.78. The normalized spacial score (nSPS) is 22.0. The summed E-state index contributed by atoms with van der Waals surface area (Å²) in [6, 6.07) is 0. The van der Waals surface area contributed by atoms with Gasteiger partial charge in [0.05, 0.1) is 23.5 Å². The molecule has 1 aliphatic rings. The molecule has 2 atom stereocenters. The number of ether oxygens (including phenoxy) is 1. The Labute approximate surface area is 129 Å². The van der Waals surface area contributed by atoms with Crippen LogP contribution in [0.4, 0.5) is 0 Å². The van der Waals surface area contributed by atoms with Gasteiger partial charge in [0, 0.05) is 48.8 Å². The molecule has 0 saturated carbocycles. The lowest BCUT2D eigenvalue weighted by atomic mass is 9.97. The van der Waals surface area contributed by atoms with Crippen molar-refractivity contribution in [2.75, 3.05) is 13.2 Å². The number of hydrogen-bond donors (Lipinski definition) is 1. The van der Waals surface area contributed by atoms with Crippen molar-refractivity contribution in [2.24, 2.45) is 5.92 Å². The predicted molar refractivity (Wildman–Crippen MR) is 83.3 cm³/mol. The molecule has 1 N–H and O–H groups in total. The van der Waals surface area contributed by atoms with Crippen LogP contribution in [0.5, 0.6) is 0 Å². The third-order valence-corrected chi connectivity index (χ3v) is 4.99. The summed E-state index contributed by atoms with van der Waals surface area (Å²) in [5.74, 6) is 0.521. The van der Waals surface area contributed by atoms with Gasteiger partial charge in [0.25, 0.3) is 0 Å². The Kier molecular flexibility index (Phi) is 4.67. The van der Waals surface area contributed by atoms with E-state index in [1.807, 2.05) is 16.4 Å². The molecule has 6 heteroatoms. The number of rotatable bonds is 6. The molecule has 0 spiro atoms. The van der Waals surface area contributed by atoms with Gasteiger partial charge < -0.3 is 10.1 Å². The fourth-order valence-corrected chi connectivity index (χ4v) is 3.52. The van der Waals surface area contributed by atoms with Crippen LogP contribution in [0.3, 0.4) is 0 Å². The monoisotopic (exact) mass is 306 g/mol. The molecule has 1 aliphatic heterocycles. The molecule has 3 rings (SSSR count). The lowest BCUT2D eigenvalue weighted by molar-refractivity contribution is 0.0904. The molecular weight excluding hydrogens is 284 g/mol. The Hall–Kier alpha value is -1.24. The largest absolute Gasteiger partial charge is 0.373 e. The van der Waals surface area contributed by atoms with Crippen LogP contribution in [0.25, 0.3) is 0 Å². The SMILES string of the molecule is CCn1cc([C@H]2OCC[C@@H]2CNCc2scnc2C)cn1. The van der Waals surface area contributed by atoms with E-state index in [-0.39, 0.29) is 6.10 Å². The van der Waals surface area contributed by atoms with Gasteiger partial charge in [-0.05, 0) is 20.3 Å². The summed E-state index contributed by atoms with van der Waals surface area (Å²) in [6.07, 6.45) is 5.34. The number of nitrogens with one attached hydrogen (secondary N) is 1. The van der Waals surface area contributed by atoms with E-state index in [2.05, 4.69) is 35.4 Å². The second-order valence-corrected chi connectivity index (χ2v) is 6.40. The van der Waals surface area contributed by atoms with Crippen molar-refractivity contribution in [3.63, 3.8) is 0 Å². The summed E-state index contributed by atoms with van der Waals surface area (Å²) in [5, 5.41) is 7.91. The first-order valence-electron chi connectivity index (χ1n) is 7.51. The number of thiazole rings is 1. The highest BCUT2D eigenvalue weighted by Gasteiger charge is 2.30. The molecule has 1 fully saturated rings. The van der Waals surface area contributed by atoms with Crippen molar-refractivity contribution in [3.8, 4) is 0 Å². The van der Waals surface area contributed by atoms with Gasteiger partial charge in [-0.2, -0.15) is 5.10 Å². The van der Waals surface area contributed by atoms with Crippen LogP contribution < -0.4 is 5.32 Å². The zero-order chi connectivity index (χ0) is 14.7. The molecular formula is C15H22N4OS. The molecule has 0 unspecified atom stereocenters. The molecule has 21 heavy (non-hydrogen) atoms. The lowest BCUT2D eigenvalue weighted by Gasteiger charge is -2.17. The van der Waals surface area contributed by atoms with Crippen LogP contribution in [0.15, 0.2) is 17.9 Å². The van der Waals surface area contributed by atoms with E-state index in [1.54, 1.807) is 11.3 Å². The number of aromatic nitrogens is 3. The highest BCUT2D eigenvalue weighted by atomic mass is 32.1. The zero-order valence-electron chi connectivity index (χ0n) is 12.6. The predicted octanol–water partition coefficient (Wildman–Crippen LogP) is 2.54. The summed E-state index contributed by atoms with van der Waals surface area (Å²) < 4.78 is 7.88. The van der Waals surface area contributed by atoms with Gasteiger partial charge in [-0.25, -0.2) is 4.98 Å². The lowest BCUT2D eigenvalue weighted by Crippen LogP contribution is -2.24. The van der Waals surface area contributed by atoms with Gasteiger partial charge in [-0.3, -0.25) is 4.68 Å². The molecule has 2 aromatic heterocycles. The number of aryl methyl sites for hydroxylation is 2. The van der Waals surface area contributed by atoms with Gasteiger partial charge in [0.1, 0.15) is 0 Å². The topological polar surface area (TPSA) is 52.0 Å².